The van der Waals surface area contributed by atoms with Gasteiger partial charge in [0.15, 0.2) is 0 Å². The van der Waals surface area contributed by atoms with Gasteiger partial charge in [0.25, 0.3) is 0 Å². The van der Waals surface area contributed by atoms with Crippen LogP contribution in [0.1, 0.15) is 11.1 Å². The van der Waals surface area contributed by atoms with Gasteiger partial charge >= 0.3 is 8.26 Å². The lowest BCUT2D eigenvalue weighted by atomic mass is 10.2. The highest BCUT2D eigenvalue weighted by atomic mass is 36.0. The zero-order chi connectivity index (χ0) is 20.2. The van der Waals surface area contributed by atoms with Crippen LogP contribution in [0.4, 0.5) is 0 Å². The molecule has 4 N–H and O–H groups in total. The number of halogens is 3. The second kappa shape index (κ2) is 13.0. The van der Waals surface area contributed by atoms with Gasteiger partial charge in [-0.25, -0.2) is 0 Å². The molecular formula is C16H21Cl3N2O4S. The fourth-order valence-corrected chi connectivity index (χ4v) is 1.83. The zero-order valence-corrected chi connectivity index (χ0v) is 17.4. The highest BCUT2D eigenvalue weighted by Crippen LogP contribution is 2.24. The molecule has 10 heteroatoms. The molecule has 0 bridgehead atoms. The van der Waals surface area contributed by atoms with Crippen molar-refractivity contribution in [3.8, 4) is 11.5 Å². The Bertz CT molecular complexity index is 747. The molecule has 0 amide bonds. The molecule has 0 heterocycles. The van der Waals surface area contributed by atoms with E-state index >= 15 is 0 Å². The SMILES string of the molecule is COc1cc(CN)ccc1Cl.COc1cccc(CN)c1.O=S(=O)(Cl)Cl. The van der Waals surface area contributed by atoms with Crippen molar-refractivity contribution in [3.63, 3.8) is 0 Å². The van der Waals surface area contributed by atoms with Gasteiger partial charge in [-0.05, 0) is 35.4 Å². The standard InChI is InChI=1S/C8H10ClNO.C8H11NO.Cl2O2S/c1-11-8-4-6(5-10)2-3-7(8)9;1-10-8-4-2-3-7(5-8)6-9;1-5(2,3)4/h2-4H,5,10H2,1H3;2-5H,6,9H2,1H3;. The number of methoxy groups -OCH3 is 2. The van der Waals surface area contributed by atoms with Gasteiger partial charge in [0.2, 0.25) is 0 Å². The molecule has 26 heavy (non-hydrogen) atoms. The van der Waals surface area contributed by atoms with Crippen molar-refractivity contribution in [2.24, 2.45) is 11.5 Å². The molecule has 0 aromatic heterocycles. The molecule has 0 saturated carbocycles. The third-order valence-electron chi connectivity index (χ3n) is 2.82. The topological polar surface area (TPSA) is 105 Å². The van der Waals surface area contributed by atoms with Crippen molar-refractivity contribution in [1.29, 1.82) is 0 Å². The monoisotopic (exact) mass is 442 g/mol. The number of rotatable bonds is 4. The van der Waals surface area contributed by atoms with Crippen molar-refractivity contribution >= 4 is 41.2 Å². The smallest absolute Gasteiger partial charge is 0.317 e. The first kappa shape index (κ1) is 24.8. The van der Waals surface area contributed by atoms with Crippen LogP contribution in [-0.4, -0.2) is 22.6 Å². The molecule has 0 spiro atoms. The van der Waals surface area contributed by atoms with Gasteiger partial charge < -0.3 is 20.9 Å². The Morgan fingerprint density at radius 2 is 1.46 bits per heavy atom. The third kappa shape index (κ3) is 12.2. The van der Waals surface area contributed by atoms with Gasteiger partial charge in [0.1, 0.15) is 11.5 Å². The van der Waals surface area contributed by atoms with E-state index < -0.39 is 8.26 Å². The van der Waals surface area contributed by atoms with Crippen molar-refractivity contribution < 1.29 is 17.9 Å². The van der Waals surface area contributed by atoms with Gasteiger partial charge in [0.05, 0.1) is 19.2 Å². The van der Waals surface area contributed by atoms with Crippen LogP contribution >= 0.6 is 33.0 Å². The molecule has 146 valence electrons. The lowest BCUT2D eigenvalue weighted by Crippen LogP contribution is -1.96. The number of nitrogens with two attached hydrogens (primary N) is 2. The number of benzene rings is 2. The molecule has 0 unspecified atom stereocenters. The van der Waals surface area contributed by atoms with Crippen LogP contribution in [0.2, 0.25) is 5.02 Å². The average Bonchev–Trinajstić information content (AvgIpc) is 2.61. The van der Waals surface area contributed by atoms with E-state index in [1.165, 1.54) is 0 Å². The maximum Gasteiger partial charge on any atom is 0.317 e. The highest BCUT2D eigenvalue weighted by Gasteiger charge is 1.99. The second-order valence-corrected chi connectivity index (χ2v) is 8.68. The first-order chi connectivity index (χ1) is 12.1. The number of hydrogen-bond donors (Lipinski definition) is 2. The largest absolute Gasteiger partial charge is 0.497 e. The summed E-state index contributed by atoms with van der Waals surface area (Å²) in [7, 11) is 8.05. The molecular weight excluding hydrogens is 423 g/mol. The summed E-state index contributed by atoms with van der Waals surface area (Å²) in [5.74, 6) is 1.54. The normalized spacial score (nSPS) is 9.96. The van der Waals surface area contributed by atoms with Gasteiger partial charge in [-0.15, -0.1) is 0 Å². The van der Waals surface area contributed by atoms with Crippen molar-refractivity contribution in [1.82, 2.24) is 0 Å². The lowest BCUT2D eigenvalue weighted by Gasteiger charge is -2.03. The number of hydrogen-bond acceptors (Lipinski definition) is 6. The van der Waals surface area contributed by atoms with E-state index in [0.29, 0.717) is 23.9 Å². The Morgan fingerprint density at radius 1 is 0.923 bits per heavy atom. The molecule has 0 atom stereocenters. The fraction of sp³-hybridized carbons (Fsp3) is 0.250. The van der Waals surface area contributed by atoms with E-state index in [-0.39, 0.29) is 0 Å². The van der Waals surface area contributed by atoms with Crippen molar-refractivity contribution in [2.75, 3.05) is 14.2 Å². The zero-order valence-electron chi connectivity index (χ0n) is 14.3. The van der Waals surface area contributed by atoms with E-state index in [0.717, 1.165) is 16.9 Å². The minimum Gasteiger partial charge on any atom is -0.497 e. The maximum atomic E-state index is 9.16. The second-order valence-electron chi connectivity index (χ2n) is 4.61. The summed E-state index contributed by atoms with van der Waals surface area (Å²) in [6.45, 7) is 1.07. The summed E-state index contributed by atoms with van der Waals surface area (Å²) < 4.78 is 28.3. The fourth-order valence-electron chi connectivity index (χ4n) is 1.63. The Balaban J connectivity index is 0.000000387. The van der Waals surface area contributed by atoms with Crippen molar-refractivity contribution in [3.05, 3.63) is 58.6 Å². The van der Waals surface area contributed by atoms with E-state index in [9.17, 15) is 0 Å². The van der Waals surface area contributed by atoms with E-state index in [2.05, 4.69) is 21.4 Å². The summed E-state index contributed by atoms with van der Waals surface area (Å²) in [4.78, 5) is 0. The Morgan fingerprint density at radius 3 is 1.92 bits per heavy atom. The number of ether oxygens (including phenoxy) is 2. The summed E-state index contributed by atoms with van der Waals surface area (Å²) in [6, 6.07) is 13.2. The minimum absolute atomic E-state index is 0.507. The van der Waals surface area contributed by atoms with Crippen LogP contribution in [0.5, 0.6) is 11.5 Å². The van der Waals surface area contributed by atoms with Crippen LogP contribution in [0, 0.1) is 0 Å². The van der Waals surface area contributed by atoms with Gasteiger partial charge in [-0.2, -0.15) is 8.42 Å². The molecule has 0 radical (unpaired) electrons. The van der Waals surface area contributed by atoms with Gasteiger partial charge in [0, 0.05) is 34.5 Å². The van der Waals surface area contributed by atoms with Crippen LogP contribution in [0.15, 0.2) is 42.5 Å². The molecule has 0 fully saturated rings. The summed E-state index contributed by atoms with van der Waals surface area (Å²) in [5.41, 5.74) is 13.0. The van der Waals surface area contributed by atoms with Crippen LogP contribution in [-0.2, 0) is 21.4 Å². The molecule has 2 aromatic carbocycles. The third-order valence-corrected chi connectivity index (χ3v) is 3.13. The Labute approximate surface area is 167 Å². The quantitative estimate of drug-likeness (QED) is 0.699. The first-order valence-electron chi connectivity index (χ1n) is 7.14. The van der Waals surface area contributed by atoms with E-state index in [4.69, 9.17) is 41.0 Å². The van der Waals surface area contributed by atoms with E-state index in [1.807, 2.05) is 36.4 Å². The molecule has 2 aromatic rings. The molecule has 6 nitrogen and oxygen atoms in total. The Kier molecular flexibility index (Phi) is 12.4. The predicted octanol–water partition coefficient (Wildman–Crippen LogP) is 3.67. The van der Waals surface area contributed by atoms with Crippen LogP contribution < -0.4 is 20.9 Å². The van der Waals surface area contributed by atoms with Crippen molar-refractivity contribution in [2.45, 2.75) is 13.1 Å². The minimum atomic E-state index is -3.72. The molecule has 0 aliphatic heterocycles. The summed E-state index contributed by atoms with van der Waals surface area (Å²) >= 11 is 5.79. The molecule has 0 aliphatic carbocycles. The maximum absolute atomic E-state index is 9.16. The summed E-state index contributed by atoms with van der Waals surface area (Å²) in [6.07, 6.45) is 0. The molecule has 0 saturated heterocycles. The van der Waals surface area contributed by atoms with Crippen LogP contribution in [0.3, 0.4) is 0 Å². The predicted molar refractivity (Wildman–Crippen MR) is 107 cm³/mol. The highest BCUT2D eigenvalue weighted by molar-refractivity contribution is 8.31. The van der Waals surface area contributed by atoms with Gasteiger partial charge in [-0.1, -0.05) is 29.8 Å². The first-order valence-corrected chi connectivity index (χ1v) is 10.7. The lowest BCUT2D eigenvalue weighted by molar-refractivity contribution is 0.414. The molecule has 2 rings (SSSR count). The van der Waals surface area contributed by atoms with Crippen LogP contribution in [0.25, 0.3) is 0 Å². The average molecular weight is 444 g/mol. The molecule has 0 aliphatic rings. The summed E-state index contributed by atoms with van der Waals surface area (Å²) in [5, 5.41) is 0.615. The Hall–Kier alpha value is -1.22. The van der Waals surface area contributed by atoms with E-state index in [1.54, 1.807) is 20.3 Å². The van der Waals surface area contributed by atoms with Gasteiger partial charge in [-0.3, -0.25) is 0 Å².